The van der Waals surface area contributed by atoms with Crippen molar-refractivity contribution in [2.75, 3.05) is 70.4 Å². The van der Waals surface area contributed by atoms with E-state index in [9.17, 15) is 4.79 Å². The van der Waals surface area contributed by atoms with Crippen LogP contribution in [0.1, 0.15) is 22.2 Å². The Bertz CT molecular complexity index is 1430. The Morgan fingerprint density at radius 1 is 0.925 bits per heavy atom. The number of anilines is 1. The van der Waals surface area contributed by atoms with Gasteiger partial charge in [0.25, 0.3) is 5.91 Å². The third kappa shape index (κ3) is 5.96. The maximum Gasteiger partial charge on any atom is 0.319 e. The highest BCUT2D eigenvalue weighted by Crippen LogP contribution is 2.33. The molecule has 0 aliphatic carbocycles. The van der Waals surface area contributed by atoms with Gasteiger partial charge in [-0.2, -0.15) is 9.97 Å². The SMILES string of the molecule is CCc1cc2c(N3CCN(C(=O)c4ccc(-c5ccccc5)cc4)CC3)nc(OCCN3CCNCC3)nc2s1. The molecule has 9 heteroatoms. The summed E-state index contributed by atoms with van der Waals surface area (Å²) in [6.45, 7) is 10.5. The summed E-state index contributed by atoms with van der Waals surface area (Å²) in [6.07, 6.45) is 0.963. The van der Waals surface area contributed by atoms with Crippen LogP contribution in [0.4, 0.5) is 5.82 Å². The van der Waals surface area contributed by atoms with Gasteiger partial charge >= 0.3 is 6.01 Å². The fraction of sp³-hybridized carbons (Fsp3) is 0.387. The number of carbonyl (C=O) groups excluding carboxylic acids is 1. The maximum absolute atomic E-state index is 13.3. The van der Waals surface area contributed by atoms with Crippen molar-refractivity contribution in [3.8, 4) is 17.1 Å². The fourth-order valence-electron chi connectivity index (χ4n) is 5.36. The van der Waals surface area contributed by atoms with Crippen molar-refractivity contribution in [1.82, 2.24) is 25.1 Å². The van der Waals surface area contributed by atoms with Gasteiger partial charge in [-0.05, 0) is 35.7 Å². The Hall–Kier alpha value is -3.53. The molecule has 0 atom stereocenters. The van der Waals surface area contributed by atoms with Crippen LogP contribution in [-0.2, 0) is 6.42 Å². The Morgan fingerprint density at radius 3 is 2.38 bits per heavy atom. The van der Waals surface area contributed by atoms with E-state index in [1.54, 1.807) is 11.3 Å². The standard InChI is InChI=1S/C31H36N6O2S/c1-2-26-22-27-28(33-31(34-29(27)40-26)39-21-20-35-14-12-32-13-15-35)36-16-18-37(19-17-36)30(38)25-10-8-24(9-11-25)23-6-4-3-5-7-23/h3-11,22,32H,2,12-21H2,1H3. The van der Waals surface area contributed by atoms with Crippen molar-refractivity contribution < 1.29 is 9.53 Å². The summed E-state index contributed by atoms with van der Waals surface area (Å²) >= 11 is 1.71. The number of amides is 1. The molecule has 0 radical (unpaired) electrons. The molecule has 0 saturated carbocycles. The molecular weight excluding hydrogens is 520 g/mol. The van der Waals surface area contributed by atoms with Gasteiger partial charge in [0.2, 0.25) is 0 Å². The van der Waals surface area contributed by atoms with E-state index < -0.39 is 0 Å². The van der Waals surface area contributed by atoms with Crippen molar-refractivity contribution >= 4 is 33.3 Å². The van der Waals surface area contributed by atoms with Crippen LogP contribution in [0.25, 0.3) is 21.3 Å². The van der Waals surface area contributed by atoms with E-state index in [4.69, 9.17) is 14.7 Å². The average Bonchev–Trinajstić information content (AvgIpc) is 3.45. The second-order valence-electron chi connectivity index (χ2n) is 10.3. The third-order valence-corrected chi connectivity index (χ3v) is 8.88. The number of rotatable bonds is 8. The summed E-state index contributed by atoms with van der Waals surface area (Å²) in [7, 11) is 0. The van der Waals surface area contributed by atoms with Crippen LogP contribution in [0.5, 0.6) is 6.01 Å². The number of hydrogen-bond acceptors (Lipinski definition) is 8. The molecule has 2 aliphatic heterocycles. The summed E-state index contributed by atoms with van der Waals surface area (Å²) < 4.78 is 6.08. The minimum atomic E-state index is 0.0767. The molecule has 2 aromatic heterocycles. The number of benzene rings is 2. The largest absolute Gasteiger partial charge is 0.462 e. The second kappa shape index (κ2) is 12.3. The number of fused-ring (bicyclic) bond motifs is 1. The van der Waals surface area contributed by atoms with E-state index in [2.05, 4.69) is 40.2 Å². The van der Waals surface area contributed by atoms with Crippen LogP contribution in [0, 0.1) is 0 Å². The second-order valence-corrected chi connectivity index (χ2v) is 11.4. The first kappa shape index (κ1) is 26.7. The predicted molar refractivity (Wildman–Crippen MR) is 162 cm³/mol. The highest BCUT2D eigenvalue weighted by Gasteiger charge is 2.25. The zero-order valence-corrected chi connectivity index (χ0v) is 23.8. The highest BCUT2D eigenvalue weighted by atomic mass is 32.1. The van der Waals surface area contributed by atoms with Gasteiger partial charge in [0, 0.05) is 69.3 Å². The molecule has 0 spiro atoms. The fourth-order valence-corrected chi connectivity index (χ4v) is 6.31. The number of ether oxygens (including phenoxy) is 1. The smallest absolute Gasteiger partial charge is 0.319 e. The number of thiophene rings is 1. The van der Waals surface area contributed by atoms with Gasteiger partial charge in [-0.25, -0.2) is 0 Å². The molecule has 8 nitrogen and oxygen atoms in total. The van der Waals surface area contributed by atoms with Gasteiger partial charge in [0.15, 0.2) is 0 Å². The summed E-state index contributed by atoms with van der Waals surface area (Å²) in [5.74, 6) is 0.991. The van der Waals surface area contributed by atoms with Crippen molar-refractivity contribution in [2.24, 2.45) is 0 Å². The lowest BCUT2D eigenvalue weighted by Gasteiger charge is -2.35. The molecule has 2 aliphatic rings. The average molecular weight is 557 g/mol. The first-order valence-corrected chi connectivity index (χ1v) is 15.1. The normalized spacial score (nSPS) is 16.4. The molecule has 208 valence electrons. The maximum atomic E-state index is 13.3. The van der Waals surface area contributed by atoms with Crippen LogP contribution >= 0.6 is 11.3 Å². The van der Waals surface area contributed by atoms with E-state index in [1.807, 2.05) is 47.4 Å². The Balaban J connectivity index is 1.12. The van der Waals surface area contributed by atoms with Crippen molar-refractivity contribution in [1.29, 1.82) is 0 Å². The van der Waals surface area contributed by atoms with Gasteiger partial charge < -0.3 is 19.9 Å². The lowest BCUT2D eigenvalue weighted by atomic mass is 10.0. The first-order chi connectivity index (χ1) is 19.7. The van der Waals surface area contributed by atoms with Crippen molar-refractivity contribution in [2.45, 2.75) is 13.3 Å². The zero-order chi connectivity index (χ0) is 27.3. The van der Waals surface area contributed by atoms with E-state index in [1.165, 1.54) is 4.88 Å². The number of aryl methyl sites for hydroxylation is 1. The number of hydrogen-bond donors (Lipinski definition) is 1. The van der Waals surface area contributed by atoms with E-state index in [0.717, 1.165) is 85.0 Å². The van der Waals surface area contributed by atoms with Gasteiger partial charge in [-0.15, -0.1) is 11.3 Å². The summed E-state index contributed by atoms with van der Waals surface area (Å²) in [4.78, 5) is 31.8. The molecule has 0 unspecified atom stereocenters. The number of aromatic nitrogens is 2. The minimum absolute atomic E-state index is 0.0767. The summed E-state index contributed by atoms with van der Waals surface area (Å²) in [5, 5.41) is 4.46. The number of nitrogens with one attached hydrogen (secondary N) is 1. The molecule has 4 heterocycles. The number of piperazine rings is 2. The van der Waals surface area contributed by atoms with Gasteiger partial charge in [-0.3, -0.25) is 9.69 Å². The molecule has 4 aromatic rings. The first-order valence-electron chi connectivity index (χ1n) is 14.2. The molecule has 2 fully saturated rings. The van der Waals surface area contributed by atoms with E-state index >= 15 is 0 Å². The molecule has 0 bridgehead atoms. The Morgan fingerprint density at radius 2 is 1.65 bits per heavy atom. The molecule has 6 rings (SSSR count). The lowest BCUT2D eigenvalue weighted by Crippen LogP contribution is -2.49. The molecule has 1 amide bonds. The van der Waals surface area contributed by atoms with Gasteiger partial charge in [0.1, 0.15) is 17.3 Å². The molecule has 1 N–H and O–H groups in total. The lowest BCUT2D eigenvalue weighted by molar-refractivity contribution is 0.0746. The molecule has 2 aromatic carbocycles. The molecule has 2 saturated heterocycles. The van der Waals surface area contributed by atoms with E-state index in [0.29, 0.717) is 25.7 Å². The van der Waals surface area contributed by atoms with Crippen LogP contribution in [0.2, 0.25) is 0 Å². The van der Waals surface area contributed by atoms with Gasteiger partial charge in [0.05, 0.1) is 5.39 Å². The van der Waals surface area contributed by atoms with Crippen LogP contribution in [0.3, 0.4) is 0 Å². The van der Waals surface area contributed by atoms with Crippen LogP contribution in [0.15, 0.2) is 60.7 Å². The van der Waals surface area contributed by atoms with Crippen LogP contribution < -0.4 is 15.0 Å². The topological polar surface area (TPSA) is 73.8 Å². The van der Waals surface area contributed by atoms with E-state index in [-0.39, 0.29) is 5.91 Å². The third-order valence-electron chi connectivity index (χ3n) is 7.71. The zero-order valence-electron chi connectivity index (χ0n) is 23.0. The number of carbonyl (C=O) groups is 1. The molecule has 40 heavy (non-hydrogen) atoms. The molecular formula is C31H36N6O2S. The Kier molecular flexibility index (Phi) is 8.22. The van der Waals surface area contributed by atoms with Crippen LogP contribution in [-0.4, -0.2) is 91.2 Å². The van der Waals surface area contributed by atoms with Crippen molar-refractivity contribution in [3.05, 3.63) is 71.1 Å². The highest BCUT2D eigenvalue weighted by molar-refractivity contribution is 7.18. The van der Waals surface area contributed by atoms with Gasteiger partial charge in [-0.1, -0.05) is 49.4 Å². The monoisotopic (exact) mass is 556 g/mol. The Labute approximate surface area is 239 Å². The number of nitrogens with zero attached hydrogens (tertiary/aromatic N) is 5. The summed E-state index contributed by atoms with van der Waals surface area (Å²) in [6, 6.07) is 20.8. The minimum Gasteiger partial charge on any atom is -0.462 e. The predicted octanol–water partition coefficient (Wildman–Crippen LogP) is 4.17. The van der Waals surface area contributed by atoms with Crippen molar-refractivity contribution in [3.63, 3.8) is 0 Å². The summed E-state index contributed by atoms with van der Waals surface area (Å²) in [5.41, 5.74) is 2.99. The quantitative estimate of drug-likeness (QED) is 0.349.